The zero-order valence-corrected chi connectivity index (χ0v) is 19.0. The topological polar surface area (TPSA) is 40.4 Å². The quantitative estimate of drug-likeness (QED) is 0.715. The van der Waals surface area contributed by atoms with Gasteiger partial charge in [0.25, 0.3) is 0 Å². The first-order valence-corrected chi connectivity index (χ1v) is 12.9. The lowest BCUT2D eigenvalue weighted by atomic mass is 10.00. The average Bonchev–Trinajstić information content (AvgIpc) is 3.37. The second-order valence-corrected chi connectivity index (χ2v) is 10.2. The first kappa shape index (κ1) is 20.5. The molecule has 164 valence electrons. The third-order valence-corrected chi connectivity index (χ3v) is 8.15. The predicted octanol–water partition coefficient (Wildman–Crippen LogP) is 4.16. The Labute approximate surface area is 184 Å². The molecule has 0 aromatic carbocycles. The molecule has 2 aromatic rings. The number of anilines is 1. The minimum atomic E-state index is 0.813. The van der Waals surface area contributed by atoms with Crippen LogP contribution in [0.25, 0.3) is 5.13 Å². The van der Waals surface area contributed by atoms with E-state index in [1.54, 1.807) is 11.3 Å². The van der Waals surface area contributed by atoms with Crippen LogP contribution in [0.4, 0.5) is 5.13 Å². The predicted molar refractivity (Wildman–Crippen MR) is 124 cm³/mol. The van der Waals surface area contributed by atoms with Crippen LogP contribution in [0.3, 0.4) is 0 Å². The summed E-state index contributed by atoms with van der Waals surface area (Å²) in [6.07, 6.45) is 14.3. The molecule has 0 unspecified atom stereocenters. The molecule has 0 bridgehead atoms. The third kappa shape index (κ3) is 4.73. The molecule has 0 spiro atoms. The van der Waals surface area contributed by atoms with Crippen molar-refractivity contribution in [1.82, 2.24) is 24.6 Å². The lowest BCUT2D eigenvalue weighted by molar-refractivity contribution is 0.0889. The number of rotatable bonds is 5. The van der Waals surface area contributed by atoms with Gasteiger partial charge in [-0.2, -0.15) is 0 Å². The van der Waals surface area contributed by atoms with Crippen LogP contribution in [-0.4, -0.2) is 69.9 Å². The van der Waals surface area contributed by atoms with Gasteiger partial charge in [0.1, 0.15) is 0 Å². The summed E-state index contributed by atoms with van der Waals surface area (Å²) in [5.41, 5.74) is 1.34. The number of nitrogens with zero attached hydrogens (tertiary/aromatic N) is 6. The molecule has 6 nitrogen and oxygen atoms in total. The Bertz CT molecular complexity index is 779. The number of likely N-dealkylation sites (tertiary alicyclic amines) is 2. The minimum absolute atomic E-state index is 0.813. The molecule has 0 N–H and O–H groups in total. The summed E-state index contributed by atoms with van der Waals surface area (Å²) < 4.78 is 2.26. The van der Waals surface area contributed by atoms with Gasteiger partial charge in [0, 0.05) is 50.7 Å². The molecular weight excluding hydrogens is 392 g/mol. The second-order valence-electron chi connectivity index (χ2n) is 9.24. The van der Waals surface area contributed by atoms with Crippen LogP contribution in [0.5, 0.6) is 0 Å². The molecule has 0 aliphatic carbocycles. The molecule has 3 aliphatic rings. The highest BCUT2D eigenvalue weighted by molar-refractivity contribution is 7.17. The van der Waals surface area contributed by atoms with Gasteiger partial charge in [-0.15, -0.1) is 10.2 Å². The maximum absolute atomic E-state index is 4.56. The SMILES string of the molecule is c1cc(CN2CCC(N3CCCCC3)CC2)n(-c2nnc(N3CCCCCC3)s2)c1. The molecule has 5 heterocycles. The number of aromatic nitrogens is 3. The Morgan fingerprint density at radius 1 is 0.800 bits per heavy atom. The van der Waals surface area contributed by atoms with Crippen LogP contribution in [-0.2, 0) is 6.54 Å². The Morgan fingerprint density at radius 3 is 2.23 bits per heavy atom. The zero-order valence-electron chi connectivity index (χ0n) is 18.2. The van der Waals surface area contributed by atoms with Gasteiger partial charge < -0.3 is 9.80 Å². The van der Waals surface area contributed by atoms with E-state index in [4.69, 9.17) is 0 Å². The molecule has 7 heteroatoms. The van der Waals surface area contributed by atoms with Gasteiger partial charge in [0.2, 0.25) is 10.3 Å². The number of piperidine rings is 2. The van der Waals surface area contributed by atoms with Crippen molar-refractivity contribution >= 4 is 16.5 Å². The summed E-state index contributed by atoms with van der Waals surface area (Å²) >= 11 is 1.74. The van der Waals surface area contributed by atoms with Crippen molar-refractivity contribution in [2.75, 3.05) is 44.2 Å². The summed E-state index contributed by atoms with van der Waals surface area (Å²) in [5, 5.41) is 11.2. The first-order valence-electron chi connectivity index (χ1n) is 12.1. The highest BCUT2D eigenvalue weighted by Crippen LogP contribution is 2.28. The highest BCUT2D eigenvalue weighted by Gasteiger charge is 2.26. The summed E-state index contributed by atoms with van der Waals surface area (Å²) in [6, 6.07) is 5.22. The summed E-state index contributed by atoms with van der Waals surface area (Å²) in [6.45, 7) is 8.33. The third-order valence-electron chi connectivity index (χ3n) is 7.17. The van der Waals surface area contributed by atoms with Gasteiger partial charge >= 0.3 is 0 Å². The van der Waals surface area contributed by atoms with Gasteiger partial charge in [-0.25, -0.2) is 0 Å². The fraction of sp³-hybridized carbons (Fsp3) is 0.739. The van der Waals surface area contributed by atoms with Gasteiger partial charge in [-0.05, 0) is 63.7 Å². The van der Waals surface area contributed by atoms with Crippen LogP contribution < -0.4 is 4.90 Å². The molecule has 0 amide bonds. The van der Waals surface area contributed by atoms with Crippen LogP contribution in [0, 0.1) is 0 Å². The van der Waals surface area contributed by atoms with Gasteiger partial charge in [-0.3, -0.25) is 9.47 Å². The molecule has 3 fully saturated rings. The highest BCUT2D eigenvalue weighted by atomic mass is 32.1. The van der Waals surface area contributed by atoms with Gasteiger partial charge in [-0.1, -0.05) is 30.6 Å². The van der Waals surface area contributed by atoms with E-state index in [1.165, 1.54) is 89.7 Å². The van der Waals surface area contributed by atoms with Gasteiger partial charge in [0.15, 0.2) is 0 Å². The van der Waals surface area contributed by atoms with E-state index >= 15 is 0 Å². The van der Waals surface area contributed by atoms with Crippen LogP contribution >= 0.6 is 11.3 Å². The lowest BCUT2D eigenvalue weighted by Crippen LogP contribution is -2.46. The summed E-state index contributed by atoms with van der Waals surface area (Å²) in [7, 11) is 0. The van der Waals surface area contributed by atoms with E-state index in [0.29, 0.717) is 0 Å². The fourth-order valence-electron chi connectivity index (χ4n) is 5.38. The molecular formula is C23H36N6S. The average molecular weight is 429 g/mol. The van der Waals surface area contributed by atoms with Crippen molar-refractivity contribution in [2.45, 2.75) is 70.4 Å². The molecule has 2 aromatic heterocycles. The monoisotopic (exact) mass is 428 g/mol. The lowest BCUT2D eigenvalue weighted by Gasteiger charge is -2.40. The Morgan fingerprint density at radius 2 is 1.47 bits per heavy atom. The smallest absolute Gasteiger partial charge is 0.218 e. The fourth-order valence-corrected chi connectivity index (χ4v) is 6.30. The Hall–Kier alpha value is -1.44. The van der Waals surface area contributed by atoms with E-state index in [0.717, 1.165) is 35.9 Å². The Kier molecular flexibility index (Phi) is 6.68. The maximum atomic E-state index is 4.56. The van der Waals surface area contributed by atoms with E-state index < -0.39 is 0 Å². The maximum Gasteiger partial charge on any atom is 0.218 e. The van der Waals surface area contributed by atoms with Crippen molar-refractivity contribution in [2.24, 2.45) is 0 Å². The molecule has 0 radical (unpaired) electrons. The van der Waals surface area contributed by atoms with Crippen LogP contribution in [0.15, 0.2) is 18.3 Å². The largest absolute Gasteiger partial charge is 0.347 e. The van der Waals surface area contributed by atoms with Crippen molar-refractivity contribution in [1.29, 1.82) is 0 Å². The first-order chi connectivity index (χ1) is 14.9. The van der Waals surface area contributed by atoms with Crippen molar-refractivity contribution in [3.63, 3.8) is 0 Å². The normalized spacial score (nSPS) is 23.0. The zero-order chi connectivity index (χ0) is 20.2. The second kappa shape index (κ2) is 9.79. The van der Waals surface area contributed by atoms with E-state index in [9.17, 15) is 0 Å². The summed E-state index contributed by atoms with van der Waals surface area (Å²) in [5.74, 6) is 0. The van der Waals surface area contributed by atoms with Crippen LogP contribution in [0.2, 0.25) is 0 Å². The molecule has 0 saturated carbocycles. The van der Waals surface area contributed by atoms with Crippen LogP contribution in [0.1, 0.15) is 63.5 Å². The Balaban J connectivity index is 1.19. The van der Waals surface area contributed by atoms with Gasteiger partial charge in [0.05, 0.1) is 0 Å². The number of hydrogen-bond donors (Lipinski definition) is 0. The molecule has 30 heavy (non-hydrogen) atoms. The molecule has 0 atom stereocenters. The van der Waals surface area contributed by atoms with Crippen molar-refractivity contribution < 1.29 is 0 Å². The molecule has 3 aliphatic heterocycles. The van der Waals surface area contributed by atoms with Crippen molar-refractivity contribution in [3.05, 3.63) is 24.0 Å². The standard InChI is InChI=1S/C23H36N6S/c1-2-5-15-28(14-4-1)22-24-25-23(30-22)29-16-8-9-21(29)19-26-17-10-20(11-18-26)27-12-6-3-7-13-27/h8-9,16,20H,1-7,10-15,17-19H2. The van der Waals surface area contributed by atoms with E-state index in [-0.39, 0.29) is 0 Å². The minimum Gasteiger partial charge on any atom is -0.347 e. The van der Waals surface area contributed by atoms with E-state index in [1.807, 2.05) is 0 Å². The van der Waals surface area contributed by atoms with E-state index in [2.05, 4.69) is 47.8 Å². The summed E-state index contributed by atoms with van der Waals surface area (Å²) in [4.78, 5) is 7.82. The molecule has 5 rings (SSSR count). The number of hydrogen-bond acceptors (Lipinski definition) is 6. The van der Waals surface area contributed by atoms with Crippen molar-refractivity contribution in [3.8, 4) is 5.13 Å². The molecule has 3 saturated heterocycles.